The number of methoxy groups -OCH3 is 1. The van der Waals surface area contributed by atoms with E-state index >= 15 is 0 Å². The molecule has 0 amide bonds. The summed E-state index contributed by atoms with van der Waals surface area (Å²) in [5.41, 5.74) is 4.35. The van der Waals surface area contributed by atoms with E-state index in [-0.39, 0.29) is 11.8 Å². The Kier molecular flexibility index (Phi) is 5.17. The first kappa shape index (κ1) is 20.3. The smallest absolute Gasteiger partial charge is 0.338 e. The van der Waals surface area contributed by atoms with E-state index in [0.717, 1.165) is 12.0 Å². The molecule has 4 atom stereocenters. The van der Waals surface area contributed by atoms with Crippen molar-refractivity contribution in [3.63, 3.8) is 0 Å². The first-order chi connectivity index (χ1) is 15.5. The second kappa shape index (κ2) is 8.15. The van der Waals surface area contributed by atoms with Gasteiger partial charge in [0, 0.05) is 11.8 Å². The number of esters is 2. The molecule has 4 unspecified atom stereocenters. The number of ether oxygens (including phenoxy) is 3. The second-order valence-corrected chi connectivity index (χ2v) is 8.41. The van der Waals surface area contributed by atoms with Crippen molar-refractivity contribution < 1.29 is 23.8 Å². The number of hydrogen-bond donors (Lipinski definition) is 0. The number of aryl methyl sites for hydroxylation is 1. The minimum Gasteiger partial charge on any atom is -0.497 e. The molecule has 1 fully saturated rings. The molecule has 2 bridgehead atoms. The van der Waals surface area contributed by atoms with Crippen LogP contribution in [0.3, 0.4) is 0 Å². The Labute approximate surface area is 186 Å². The Morgan fingerprint density at radius 2 is 1.19 bits per heavy atom. The van der Waals surface area contributed by atoms with Crippen LogP contribution in [0.15, 0.2) is 72.8 Å². The van der Waals surface area contributed by atoms with Gasteiger partial charge in [0.1, 0.15) is 18.0 Å². The van der Waals surface area contributed by atoms with Crippen LogP contribution < -0.4 is 4.74 Å². The third-order valence-electron chi connectivity index (χ3n) is 6.52. The highest BCUT2D eigenvalue weighted by atomic mass is 16.6. The van der Waals surface area contributed by atoms with Crippen LogP contribution in [-0.4, -0.2) is 31.3 Å². The van der Waals surface area contributed by atoms with Crippen LogP contribution in [0.5, 0.6) is 5.75 Å². The fourth-order valence-electron chi connectivity index (χ4n) is 4.89. The van der Waals surface area contributed by atoms with E-state index in [1.807, 2.05) is 31.2 Å². The van der Waals surface area contributed by atoms with Crippen LogP contribution in [0, 0.1) is 6.92 Å². The van der Waals surface area contributed by atoms with E-state index in [2.05, 4.69) is 12.1 Å². The summed E-state index contributed by atoms with van der Waals surface area (Å²) in [6.45, 7) is 1.97. The van der Waals surface area contributed by atoms with Crippen molar-refractivity contribution in [1.82, 2.24) is 0 Å². The van der Waals surface area contributed by atoms with Crippen molar-refractivity contribution in [2.45, 2.75) is 37.4 Å². The van der Waals surface area contributed by atoms with Gasteiger partial charge in [-0.25, -0.2) is 9.59 Å². The van der Waals surface area contributed by atoms with Crippen molar-refractivity contribution in [3.8, 4) is 5.75 Å². The topological polar surface area (TPSA) is 61.8 Å². The zero-order valence-corrected chi connectivity index (χ0v) is 18.0. The summed E-state index contributed by atoms with van der Waals surface area (Å²) in [5.74, 6) is -0.140. The van der Waals surface area contributed by atoms with Gasteiger partial charge in [-0.1, -0.05) is 42.0 Å². The molecule has 2 aliphatic carbocycles. The zero-order chi connectivity index (χ0) is 22.2. The molecule has 3 aromatic carbocycles. The third kappa shape index (κ3) is 3.54. The lowest BCUT2D eigenvalue weighted by Gasteiger charge is -2.32. The van der Waals surface area contributed by atoms with Gasteiger partial charge >= 0.3 is 11.9 Å². The maximum Gasteiger partial charge on any atom is 0.338 e. The molecule has 5 nitrogen and oxygen atoms in total. The SMILES string of the molecule is COc1ccc(C(=O)OC2C3CC(c4ccccc43)C2OC(=O)c2ccc(C)cc2)cc1. The van der Waals surface area contributed by atoms with Gasteiger partial charge < -0.3 is 14.2 Å². The molecule has 0 aliphatic heterocycles. The average molecular weight is 428 g/mol. The summed E-state index contributed by atoms with van der Waals surface area (Å²) in [5, 5.41) is 0. The molecule has 0 spiro atoms. The van der Waals surface area contributed by atoms with Crippen LogP contribution in [0.25, 0.3) is 0 Å². The Morgan fingerprint density at radius 1 is 0.719 bits per heavy atom. The van der Waals surface area contributed by atoms with E-state index in [1.165, 1.54) is 11.1 Å². The van der Waals surface area contributed by atoms with E-state index in [4.69, 9.17) is 14.2 Å². The van der Waals surface area contributed by atoms with Gasteiger partial charge in [0.15, 0.2) is 0 Å². The largest absolute Gasteiger partial charge is 0.497 e. The minimum absolute atomic E-state index is 0.00853. The molecule has 3 aromatic rings. The highest BCUT2D eigenvalue weighted by Gasteiger charge is 2.55. The van der Waals surface area contributed by atoms with Crippen molar-refractivity contribution >= 4 is 11.9 Å². The summed E-state index contributed by atoms with van der Waals surface area (Å²) in [6.07, 6.45) is -0.254. The Balaban J connectivity index is 1.41. The Bertz CT molecular complexity index is 1150. The van der Waals surface area contributed by atoms with E-state index in [1.54, 1.807) is 43.5 Å². The normalized spacial score (nSPS) is 22.8. The predicted octanol–water partition coefficient (Wildman–Crippen LogP) is 5.04. The number of benzene rings is 3. The molecule has 0 N–H and O–H groups in total. The molecule has 5 rings (SSSR count). The molecule has 1 saturated carbocycles. The molecule has 5 heteroatoms. The fraction of sp³-hybridized carbons (Fsp3) is 0.259. The predicted molar refractivity (Wildman–Crippen MR) is 119 cm³/mol. The summed E-state index contributed by atoms with van der Waals surface area (Å²) in [6, 6.07) is 22.2. The second-order valence-electron chi connectivity index (χ2n) is 8.41. The lowest BCUT2D eigenvalue weighted by Crippen LogP contribution is -2.39. The summed E-state index contributed by atoms with van der Waals surface area (Å²) in [4.78, 5) is 25.8. The van der Waals surface area contributed by atoms with Crippen LogP contribution in [0.4, 0.5) is 0 Å². The maximum absolute atomic E-state index is 12.9. The van der Waals surface area contributed by atoms with E-state index < -0.39 is 24.1 Å². The van der Waals surface area contributed by atoms with Crippen molar-refractivity contribution in [3.05, 3.63) is 101 Å². The van der Waals surface area contributed by atoms with Gasteiger partial charge in [-0.3, -0.25) is 0 Å². The van der Waals surface area contributed by atoms with Gasteiger partial charge in [0.05, 0.1) is 18.2 Å². The third-order valence-corrected chi connectivity index (χ3v) is 6.52. The molecule has 0 radical (unpaired) electrons. The zero-order valence-electron chi connectivity index (χ0n) is 18.0. The van der Waals surface area contributed by atoms with Gasteiger partial charge in [-0.2, -0.15) is 0 Å². The summed E-state index contributed by atoms with van der Waals surface area (Å²) >= 11 is 0. The van der Waals surface area contributed by atoms with Gasteiger partial charge in [0.25, 0.3) is 0 Å². The molecule has 0 saturated heterocycles. The van der Waals surface area contributed by atoms with Crippen LogP contribution in [0.2, 0.25) is 0 Å². The van der Waals surface area contributed by atoms with Gasteiger partial charge in [0.2, 0.25) is 0 Å². The molecule has 0 aromatic heterocycles. The van der Waals surface area contributed by atoms with Gasteiger partial charge in [-0.15, -0.1) is 0 Å². The quantitative estimate of drug-likeness (QED) is 0.533. The molecular weight excluding hydrogens is 404 g/mol. The number of rotatable bonds is 5. The maximum atomic E-state index is 12.9. The number of hydrogen-bond acceptors (Lipinski definition) is 5. The minimum atomic E-state index is -0.529. The number of carbonyl (C=O) groups is 2. The van der Waals surface area contributed by atoms with Crippen molar-refractivity contribution in [2.75, 3.05) is 7.11 Å². The van der Waals surface area contributed by atoms with E-state index in [9.17, 15) is 9.59 Å². The van der Waals surface area contributed by atoms with Crippen LogP contribution >= 0.6 is 0 Å². The summed E-state index contributed by atoms with van der Waals surface area (Å²) < 4.78 is 17.1. The highest BCUT2D eigenvalue weighted by molar-refractivity contribution is 5.90. The molecule has 2 aliphatic rings. The molecule has 32 heavy (non-hydrogen) atoms. The number of carbonyl (C=O) groups excluding carboxylic acids is 2. The lowest BCUT2D eigenvalue weighted by molar-refractivity contribution is -0.0348. The first-order valence-corrected chi connectivity index (χ1v) is 10.8. The monoisotopic (exact) mass is 428 g/mol. The number of fused-ring (bicyclic) bond motifs is 5. The standard InChI is InChI=1S/C27H24O5/c1-16-7-9-17(10-8-16)26(28)31-24-22-15-23(21-6-4-3-5-20(21)22)25(24)32-27(29)18-11-13-19(30-2)14-12-18/h3-14,22-25H,15H2,1-2H3. The average Bonchev–Trinajstić information content (AvgIpc) is 3.36. The lowest BCUT2D eigenvalue weighted by atomic mass is 9.87. The highest BCUT2D eigenvalue weighted by Crippen LogP contribution is 2.55. The first-order valence-electron chi connectivity index (χ1n) is 10.8. The van der Waals surface area contributed by atoms with E-state index in [0.29, 0.717) is 16.9 Å². The van der Waals surface area contributed by atoms with Crippen LogP contribution in [-0.2, 0) is 9.47 Å². The molecule has 162 valence electrons. The van der Waals surface area contributed by atoms with Gasteiger partial charge in [-0.05, 0) is 60.9 Å². The van der Waals surface area contributed by atoms with Crippen LogP contribution in [0.1, 0.15) is 55.7 Å². The fourth-order valence-corrected chi connectivity index (χ4v) is 4.89. The summed E-state index contributed by atoms with van der Waals surface area (Å²) in [7, 11) is 1.58. The molecule has 0 heterocycles. The Morgan fingerprint density at radius 3 is 1.66 bits per heavy atom. The van der Waals surface area contributed by atoms with Crippen molar-refractivity contribution in [1.29, 1.82) is 0 Å². The molecular formula is C27H24O5. The van der Waals surface area contributed by atoms with Crippen molar-refractivity contribution in [2.24, 2.45) is 0 Å². The Hall–Kier alpha value is -3.60.